The Bertz CT molecular complexity index is 329. The van der Waals surface area contributed by atoms with Crippen LogP contribution in [0.15, 0.2) is 12.1 Å². The van der Waals surface area contributed by atoms with Gasteiger partial charge in [-0.2, -0.15) is 0 Å². The monoisotopic (exact) mass is 205 g/mol. The minimum absolute atomic E-state index is 0.397. The van der Waals surface area contributed by atoms with Crippen LogP contribution in [-0.4, -0.2) is 11.1 Å². The molecule has 2 nitrogen and oxygen atoms in total. The van der Waals surface area contributed by atoms with Crippen LogP contribution in [0.25, 0.3) is 0 Å². The highest BCUT2D eigenvalue weighted by Gasteiger charge is 2.15. The first-order valence-corrected chi connectivity index (χ1v) is 5.86. The summed E-state index contributed by atoms with van der Waals surface area (Å²) in [5.74, 6) is 0.796. The van der Waals surface area contributed by atoms with Crippen LogP contribution in [0.5, 0.6) is 5.88 Å². The van der Waals surface area contributed by atoms with Crippen molar-refractivity contribution in [1.82, 2.24) is 4.98 Å². The van der Waals surface area contributed by atoms with Crippen LogP contribution >= 0.6 is 0 Å². The van der Waals surface area contributed by atoms with E-state index in [1.54, 1.807) is 0 Å². The lowest BCUT2D eigenvalue weighted by molar-refractivity contribution is 0.148. The molecule has 1 saturated carbocycles. The summed E-state index contributed by atoms with van der Waals surface area (Å²) in [7, 11) is 0. The molecule has 15 heavy (non-hydrogen) atoms. The maximum absolute atomic E-state index is 5.88. The molecule has 0 amide bonds. The van der Waals surface area contributed by atoms with Gasteiger partial charge in [-0.25, -0.2) is 4.98 Å². The third kappa shape index (κ3) is 2.71. The molecule has 1 aliphatic carbocycles. The summed E-state index contributed by atoms with van der Waals surface area (Å²) in [4.78, 5) is 4.44. The van der Waals surface area contributed by atoms with E-state index in [9.17, 15) is 0 Å². The van der Waals surface area contributed by atoms with Crippen molar-refractivity contribution >= 4 is 0 Å². The topological polar surface area (TPSA) is 22.1 Å². The van der Waals surface area contributed by atoms with E-state index in [4.69, 9.17) is 4.74 Å². The molecule has 0 aromatic carbocycles. The van der Waals surface area contributed by atoms with Gasteiger partial charge >= 0.3 is 0 Å². The zero-order chi connectivity index (χ0) is 10.7. The second kappa shape index (κ2) is 4.65. The first-order valence-electron chi connectivity index (χ1n) is 5.86. The summed E-state index contributed by atoms with van der Waals surface area (Å²) in [6.07, 6.45) is 6.74. The van der Waals surface area contributed by atoms with E-state index in [1.807, 2.05) is 13.0 Å². The number of hydrogen-bond donors (Lipinski definition) is 0. The molecule has 0 saturated heterocycles. The van der Waals surface area contributed by atoms with Gasteiger partial charge in [0.15, 0.2) is 0 Å². The van der Waals surface area contributed by atoms with Crippen LogP contribution in [0.2, 0.25) is 0 Å². The summed E-state index contributed by atoms with van der Waals surface area (Å²) in [6, 6.07) is 4.07. The van der Waals surface area contributed by atoms with Crippen LogP contribution in [-0.2, 0) is 0 Å². The molecular formula is C13H19NO. The fraction of sp³-hybridized carbons (Fsp3) is 0.615. The van der Waals surface area contributed by atoms with E-state index < -0.39 is 0 Å². The van der Waals surface area contributed by atoms with Gasteiger partial charge in [-0.05, 0) is 45.1 Å². The Balaban J connectivity index is 2.00. The van der Waals surface area contributed by atoms with Crippen molar-refractivity contribution in [2.75, 3.05) is 0 Å². The number of aromatic nitrogens is 1. The smallest absolute Gasteiger partial charge is 0.213 e. The maximum Gasteiger partial charge on any atom is 0.213 e. The lowest BCUT2D eigenvalue weighted by Crippen LogP contribution is -2.20. The van der Waals surface area contributed by atoms with Crippen LogP contribution in [0.1, 0.15) is 43.4 Å². The van der Waals surface area contributed by atoms with Crippen molar-refractivity contribution in [3.8, 4) is 5.88 Å². The fourth-order valence-electron chi connectivity index (χ4n) is 2.03. The predicted molar refractivity (Wildman–Crippen MR) is 61.2 cm³/mol. The van der Waals surface area contributed by atoms with Crippen molar-refractivity contribution in [3.05, 3.63) is 23.4 Å². The maximum atomic E-state index is 5.88. The van der Waals surface area contributed by atoms with Gasteiger partial charge in [0.25, 0.3) is 0 Å². The molecule has 1 fully saturated rings. The van der Waals surface area contributed by atoms with Gasteiger partial charge in [0.2, 0.25) is 5.88 Å². The molecule has 0 bridgehead atoms. The zero-order valence-corrected chi connectivity index (χ0v) is 9.62. The van der Waals surface area contributed by atoms with E-state index in [0.717, 1.165) is 11.6 Å². The lowest BCUT2D eigenvalue weighted by atomic mass is 9.98. The van der Waals surface area contributed by atoms with Crippen LogP contribution in [0, 0.1) is 13.8 Å². The predicted octanol–water partition coefficient (Wildman–Crippen LogP) is 3.41. The number of aryl methyl sites for hydroxylation is 2. The van der Waals surface area contributed by atoms with E-state index in [2.05, 4.69) is 18.0 Å². The first kappa shape index (κ1) is 10.5. The molecular weight excluding hydrogens is 186 g/mol. The number of pyridine rings is 1. The minimum Gasteiger partial charge on any atom is -0.474 e. The number of hydrogen-bond acceptors (Lipinski definition) is 2. The summed E-state index contributed by atoms with van der Waals surface area (Å²) < 4.78 is 5.88. The quantitative estimate of drug-likeness (QED) is 0.738. The van der Waals surface area contributed by atoms with Crippen LogP contribution in [0.4, 0.5) is 0 Å². The third-order valence-corrected chi connectivity index (χ3v) is 3.16. The van der Waals surface area contributed by atoms with E-state index in [1.165, 1.54) is 37.7 Å². The summed E-state index contributed by atoms with van der Waals surface area (Å²) in [5.41, 5.74) is 2.30. The van der Waals surface area contributed by atoms with E-state index >= 15 is 0 Å². The van der Waals surface area contributed by atoms with Gasteiger partial charge in [-0.1, -0.05) is 12.5 Å². The molecule has 1 aliphatic rings. The number of ether oxygens (including phenoxy) is 1. The molecule has 0 atom stereocenters. The highest BCUT2D eigenvalue weighted by atomic mass is 16.5. The number of rotatable bonds is 2. The van der Waals surface area contributed by atoms with Crippen LogP contribution in [0.3, 0.4) is 0 Å². The Hall–Kier alpha value is -1.05. The highest BCUT2D eigenvalue weighted by Crippen LogP contribution is 2.22. The van der Waals surface area contributed by atoms with Crippen molar-refractivity contribution in [1.29, 1.82) is 0 Å². The normalized spacial score (nSPS) is 17.7. The Morgan fingerprint density at radius 2 is 1.87 bits per heavy atom. The second-order valence-corrected chi connectivity index (χ2v) is 4.43. The van der Waals surface area contributed by atoms with Crippen molar-refractivity contribution in [3.63, 3.8) is 0 Å². The van der Waals surface area contributed by atoms with E-state index in [0.29, 0.717) is 6.10 Å². The number of nitrogens with zero attached hydrogens (tertiary/aromatic N) is 1. The SMILES string of the molecule is Cc1ccc(OC2CCCCC2)nc1C. The second-order valence-electron chi connectivity index (χ2n) is 4.43. The molecule has 0 aliphatic heterocycles. The molecule has 0 spiro atoms. The fourth-order valence-corrected chi connectivity index (χ4v) is 2.03. The molecule has 1 aromatic rings. The third-order valence-electron chi connectivity index (χ3n) is 3.16. The zero-order valence-electron chi connectivity index (χ0n) is 9.62. The van der Waals surface area contributed by atoms with Gasteiger partial charge in [0.05, 0.1) is 0 Å². The highest BCUT2D eigenvalue weighted by molar-refractivity contribution is 5.23. The van der Waals surface area contributed by atoms with E-state index in [-0.39, 0.29) is 0 Å². The average molecular weight is 205 g/mol. The molecule has 1 heterocycles. The standard InChI is InChI=1S/C13H19NO/c1-10-8-9-13(14-11(10)2)15-12-6-4-3-5-7-12/h8-9,12H,3-7H2,1-2H3. The summed E-state index contributed by atoms with van der Waals surface area (Å²) in [5, 5.41) is 0. The molecule has 2 rings (SSSR count). The van der Waals surface area contributed by atoms with Gasteiger partial charge < -0.3 is 4.74 Å². The largest absolute Gasteiger partial charge is 0.474 e. The van der Waals surface area contributed by atoms with Crippen molar-refractivity contribution < 1.29 is 4.74 Å². The molecule has 2 heteroatoms. The van der Waals surface area contributed by atoms with Gasteiger partial charge in [0, 0.05) is 11.8 Å². The van der Waals surface area contributed by atoms with Gasteiger partial charge in [-0.3, -0.25) is 0 Å². The van der Waals surface area contributed by atoms with Gasteiger partial charge in [0.1, 0.15) is 6.10 Å². The minimum atomic E-state index is 0.397. The average Bonchev–Trinajstić information content (AvgIpc) is 2.25. The molecule has 1 aromatic heterocycles. The van der Waals surface area contributed by atoms with Crippen molar-refractivity contribution in [2.45, 2.75) is 52.1 Å². The lowest BCUT2D eigenvalue weighted by Gasteiger charge is -2.22. The summed E-state index contributed by atoms with van der Waals surface area (Å²) in [6.45, 7) is 4.11. The Labute approximate surface area is 91.7 Å². The van der Waals surface area contributed by atoms with Gasteiger partial charge in [-0.15, -0.1) is 0 Å². The Kier molecular flexibility index (Phi) is 3.24. The first-order chi connectivity index (χ1) is 7.25. The summed E-state index contributed by atoms with van der Waals surface area (Å²) >= 11 is 0. The molecule has 0 N–H and O–H groups in total. The molecule has 82 valence electrons. The van der Waals surface area contributed by atoms with Crippen LogP contribution < -0.4 is 4.74 Å². The molecule has 0 unspecified atom stereocenters. The Morgan fingerprint density at radius 3 is 2.53 bits per heavy atom. The molecule has 0 radical (unpaired) electrons. The van der Waals surface area contributed by atoms with Crippen molar-refractivity contribution in [2.24, 2.45) is 0 Å². The Morgan fingerprint density at radius 1 is 1.13 bits per heavy atom.